The lowest BCUT2D eigenvalue weighted by Crippen LogP contribution is -2.33. The van der Waals surface area contributed by atoms with E-state index in [0.717, 1.165) is 11.8 Å². The molecule has 0 N–H and O–H groups in total. The molecule has 128 valence electrons. The Hall–Kier alpha value is -1.64. The van der Waals surface area contributed by atoms with Crippen LogP contribution in [0.25, 0.3) is 0 Å². The average Bonchev–Trinajstić information content (AvgIpc) is 2.77. The van der Waals surface area contributed by atoms with Crippen LogP contribution in [-0.2, 0) is 30.4 Å². The van der Waals surface area contributed by atoms with Gasteiger partial charge in [0.1, 0.15) is 6.61 Å². The molecule has 1 aromatic rings. The molecule has 7 nitrogen and oxygen atoms in total. The number of carbonyl (C=O) groups excluding carboxylic acids is 1. The first-order valence-electron chi connectivity index (χ1n) is 7.36. The van der Waals surface area contributed by atoms with Crippen LogP contribution in [0.4, 0.5) is 4.79 Å². The van der Waals surface area contributed by atoms with Crippen molar-refractivity contribution in [3.63, 3.8) is 0 Å². The molecule has 8 heteroatoms. The molecule has 23 heavy (non-hydrogen) atoms. The highest BCUT2D eigenvalue weighted by Gasteiger charge is 2.23. The highest BCUT2D eigenvalue weighted by atomic mass is 32.2. The minimum absolute atomic E-state index is 0.0360. The lowest BCUT2D eigenvalue weighted by atomic mass is 10.2. The van der Waals surface area contributed by atoms with E-state index in [-0.39, 0.29) is 19.3 Å². The van der Waals surface area contributed by atoms with Crippen LogP contribution in [0.2, 0.25) is 0 Å². The zero-order valence-corrected chi connectivity index (χ0v) is 13.8. The van der Waals surface area contributed by atoms with Crippen molar-refractivity contribution in [1.82, 2.24) is 4.90 Å². The molecule has 1 saturated heterocycles. The van der Waals surface area contributed by atoms with E-state index in [1.165, 1.54) is 0 Å². The van der Waals surface area contributed by atoms with Crippen LogP contribution in [0, 0.1) is 0 Å². The van der Waals surface area contributed by atoms with Crippen molar-refractivity contribution in [3.8, 4) is 0 Å². The van der Waals surface area contributed by atoms with Gasteiger partial charge in [-0.25, -0.2) is 4.79 Å². The molecule has 0 bridgehead atoms. The van der Waals surface area contributed by atoms with Gasteiger partial charge in [-0.15, -0.1) is 0 Å². The number of hydrogen-bond acceptors (Lipinski definition) is 6. The number of amides is 1. The molecule has 1 atom stereocenters. The van der Waals surface area contributed by atoms with Crippen molar-refractivity contribution >= 4 is 16.2 Å². The van der Waals surface area contributed by atoms with E-state index in [0.29, 0.717) is 26.1 Å². The minimum Gasteiger partial charge on any atom is -0.445 e. The molecule has 0 unspecified atom stereocenters. The molecule has 1 aliphatic rings. The molecule has 0 aliphatic carbocycles. The van der Waals surface area contributed by atoms with Crippen LogP contribution in [0.5, 0.6) is 0 Å². The number of nitrogens with zero attached hydrogens (tertiary/aromatic N) is 1. The summed E-state index contributed by atoms with van der Waals surface area (Å²) in [6.45, 7) is 1.34. The number of carbonyl (C=O) groups is 1. The summed E-state index contributed by atoms with van der Waals surface area (Å²) in [5.74, 6) is 0. The summed E-state index contributed by atoms with van der Waals surface area (Å²) in [5, 5.41) is 0. The van der Waals surface area contributed by atoms with Gasteiger partial charge < -0.3 is 14.4 Å². The maximum absolute atomic E-state index is 12.1. The first-order chi connectivity index (χ1) is 10.9. The lowest BCUT2D eigenvalue weighted by Gasteiger charge is -2.19. The van der Waals surface area contributed by atoms with E-state index >= 15 is 0 Å². The predicted octanol–water partition coefficient (Wildman–Crippen LogP) is 1.39. The maximum atomic E-state index is 12.1. The van der Waals surface area contributed by atoms with Crippen molar-refractivity contribution in [1.29, 1.82) is 0 Å². The minimum atomic E-state index is -3.49. The van der Waals surface area contributed by atoms with Crippen LogP contribution in [0.3, 0.4) is 0 Å². The second-order valence-corrected chi connectivity index (χ2v) is 6.94. The first kappa shape index (κ1) is 17.7. The zero-order valence-electron chi connectivity index (χ0n) is 13.0. The Morgan fingerprint density at radius 3 is 2.74 bits per heavy atom. The summed E-state index contributed by atoms with van der Waals surface area (Å²) in [4.78, 5) is 13.6. The summed E-state index contributed by atoms with van der Waals surface area (Å²) >= 11 is 0. The molecule has 1 amide bonds. The summed E-state index contributed by atoms with van der Waals surface area (Å²) in [5.41, 5.74) is 0.923. The van der Waals surface area contributed by atoms with Crippen LogP contribution in [0.15, 0.2) is 30.3 Å². The molecular weight excluding hydrogens is 322 g/mol. The summed E-state index contributed by atoms with van der Waals surface area (Å²) in [7, 11) is -3.49. The molecule has 1 aliphatic heterocycles. The average molecular weight is 343 g/mol. The largest absolute Gasteiger partial charge is 0.445 e. The molecule has 1 heterocycles. The number of rotatable bonds is 5. The Kier molecular flexibility index (Phi) is 6.37. The van der Waals surface area contributed by atoms with Gasteiger partial charge >= 0.3 is 6.09 Å². The Bertz CT molecular complexity index is 604. The van der Waals surface area contributed by atoms with Crippen LogP contribution < -0.4 is 0 Å². The van der Waals surface area contributed by atoms with Gasteiger partial charge in [-0.1, -0.05) is 30.3 Å². The van der Waals surface area contributed by atoms with E-state index < -0.39 is 16.2 Å². The lowest BCUT2D eigenvalue weighted by molar-refractivity contribution is 0.0298. The second-order valence-electron chi connectivity index (χ2n) is 5.30. The van der Waals surface area contributed by atoms with Crippen molar-refractivity contribution in [2.24, 2.45) is 0 Å². The maximum Gasteiger partial charge on any atom is 0.410 e. The second kappa shape index (κ2) is 8.28. The predicted molar refractivity (Wildman–Crippen MR) is 83.4 cm³/mol. The standard InChI is InChI=1S/C15H21NO6S/c1-23(18,19)22-12-14-7-8-16(9-10-20-14)15(17)21-11-13-5-3-2-4-6-13/h2-6,14H,7-12H2,1H3/t14-/m0/s1. The molecule has 0 radical (unpaired) electrons. The topological polar surface area (TPSA) is 82.1 Å². The smallest absolute Gasteiger partial charge is 0.410 e. The van der Waals surface area contributed by atoms with Crippen molar-refractivity contribution < 1.29 is 26.9 Å². The van der Waals surface area contributed by atoms with Gasteiger partial charge in [0.2, 0.25) is 0 Å². The normalized spacial score (nSPS) is 19.2. The van der Waals surface area contributed by atoms with E-state index in [4.69, 9.17) is 13.7 Å². The fourth-order valence-corrected chi connectivity index (χ4v) is 2.55. The fraction of sp³-hybridized carbons (Fsp3) is 0.533. The quantitative estimate of drug-likeness (QED) is 0.752. The summed E-state index contributed by atoms with van der Waals surface area (Å²) in [6, 6.07) is 9.44. The molecule has 1 fully saturated rings. The van der Waals surface area contributed by atoms with Crippen LogP contribution in [0.1, 0.15) is 12.0 Å². The Morgan fingerprint density at radius 2 is 2.04 bits per heavy atom. The Morgan fingerprint density at radius 1 is 1.30 bits per heavy atom. The van der Waals surface area contributed by atoms with E-state index in [1.54, 1.807) is 4.90 Å². The third kappa shape index (κ3) is 6.55. The summed E-state index contributed by atoms with van der Waals surface area (Å²) in [6.07, 6.45) is 0.742. The van der Waals surface area contributed by atoms with Gasteiger partial charge in [-0.3, -0.25) is 4.18 Å². The summed E-state index contributed by atoms with van der Waals surface area (Å²) < 4.78 is 37.5. The van der Waals surface area contributed by atoms with Gasteiger partial charge in [0, 0.05) is 13.1 Å². The Labute approximate surface area is 136 Å². The van der Waals surface area contributed by atoms with Crippen LogP contribution >= 0.6 is 0 Å². The van der Waals surface area contributed by atoms with Crippen molar-refractivity contribution in [2.45, 2.75) is 19.1 Å². The van der Waals surface area contributed by atoms with E-state index in [1.807, 2.05) is 30.3 Å². The van der Waals surface area contributed by atoms with Crippen LogP contribution in [-0.4, -0.2) is 58.1 Å². The SMILES string of the molecule is CS(=O)(=O)OC[C@@H]1CCN(C(=O)OCc2ccccc2)CCO1. The fourth-order valence-electron chi connectivity index (χ4n) is 2.15. The molecule has 1 aromatic carbocycles. The van der Waals surface area contributed by atoms with Crippen molar-refractivity contribution in [3.05, 3.63) is 35.9 Å². The molecule has 2 rings (SSSR count). The van der Waals surface area contributed by atoms with Gasteiger partial charge in [0.05, 0.1) is 25.6 Å². The molecular formula is C15H21NO6S. The molecule has 0 spiro atoms. The van der Waals surface area contributed by atoms with Gasteiger partial charge in [0.15, 0.2) is 0 Å². The number of hydrogen-bond donors (Lipinski definition) is 0. The molecule has 0 saturated carbocycles. The van der Waals surface area contributed by atoms with Gasteiger partial charge in [-0.05, 0) is 12.0 Å². The zero-order chi connectivity index (χ0) is 16.7. The number of benzene rings is 1. The van der Waals surface area contributed by atoms with Gasteiger partial charge in [0.25, 0.3) is 10.1 Å². The highest BCUT2D eigenvalue weighted by Crippen LogP contribution is 2.11. The van der Waals surface area contributed by atoms with E-state index in [9.17, 15) is 13.2 Å². The Balaban J connectivity index is 1.77. The third-order valence-electron chi connectivity index (χ3n) is 3.37. The monoisotopic (exact) mass is 343 g/mol. The highest BCUT2D eigenvalue weighted by molar-refractivity contribution is 7.85. The first-order valence-corrected chi connectivity index (χ1v) is 9.17. The van der Waals surface area contributed by atoms with Gasteiger partial charge in [-0.2, -0.15) is 8.42 Å². The van der Waals surface area contributed by atoms with E-state index in [2.05, 4.69) is 0 Å². The number of ether oxygens (including phenoxy) is 2. The third-order valence-corrected chi connectivity index (χ3v) is 3.93. The van der Waals surface area contributed by atoms with Crippen molar-refractivity contribution in [2.75, 3.05) is 32.6 Å². The molecule has 0 aromatic heterocycles.